The van der Waals surface area contributed by atoms with Crippen LogP contribution in [-0.2, 0) is 22.5 Å². The quantitative estimate of drug-likeness (QED) is 0.219. The first-order valence-electron chi connectivity index (χ1n) is 15.5. The number of para-hydroxylation sites is 1. The molecule has 0 unspecified atom stereocenters. The normalized spacial score (nSPS) is 16.6. The second-order valence-electron chi connectivity index (χ2n) is 11.6. The number of aliphatic hydroxyl groups is 1. The van der Waals surface area contributed by atoms with Gasteiger partial charge in [0.1, 0.15) is 24.7 Å². The summed E-state index contributed by atoms with van der Waals surface area (Å²) in [6, 6.07) is 19.7. The van der Waals surface area contributed by atoms with E-state index in [0.29, 0.717) is 49.9 Å². The number of nitrogens with zero attached hydrogens (tertiary/aromatic N) is 1. The highest BCUT2D eigenvalue weighted by Crippen LogP contribution is 2.36. The van der Waals surface area contributed by atoms with E-state index < -0.39 is 6.04 Å². The van der Waals surface area contributed by atoms with Crippen molar-refractivity contribution in [2.24, 2.45) is 0 Å². The van der Waals surface area contributed by atoms with Gasteiger partial charge < -0.3 is 29.5 Å². The van der Waals surface area contributed by atoms with Crippen LogP contribution in [0.2, 0.25) is 5.02 Å². The molecule has 2 aliphatic rings. The average Bonchev–Trinajstić information content (AvgIpc) is 3.88. The molecule has 1 aliphatic heterocycles. The van der Waals surface area contributed by atoms with Crippen molar-refractivity contribution in [2.75, 3.05) is 40.1 Å². The molecular weight excluding hydrogens is 576 g/mol. The topological polar surface area (TPSA) is 80.3 Å². The predicted octanol–water partition coefficient (Wildman–Crippen LogP) is 5.90. The minimum absolute atomic E-state index is 0.0453. The van der Waals surface area contributed by atoms with Gasteiger partial charge in [-0.2, -0.15) is 0 Å². The Morgan fingerprint density at radius 3 is 2.41 bits per heavy atom. The molecule has 7 nitrogen and oxygen atoms in total. The molecule has 3 aromatic rings. The zero-order valence-electron chi connectivity index (χ0n) is 25.9. The van der Waals surface area contributed by atoms with E-state index in [9.17, 15) is 9.90 Å². The molecule has 0 spiro atoms. The minimum Gasteiger partial charge on any atom is -0.490 e. The van der Waals surface area contributed by atoms with Crippen molar-refractivity contribution >= 4 is 23.1 Å². The van der Waals surface area contributed by atoms with Crippen LogP contribution in [0, 0.1) is 13.8 Å². The van der Waals surface area contributed by atoms with Crippen molar-refractivity contribution in [3.8, 4) is 11.5 Å². The van der Waals surface area contributed by atoms with Crippen LogP contribution in [0.5, 0.6) is 11.5 Å². The smallest absolute Gasteiger partial charge is 0.252 e. The third kappa shape index (κ3) is 7.83. The number of benzene rings is 3. The number of aryl methyl sites for hydroxylation is 2. The lowest BCUT2D eigenvalue weighted by Crippen LogP contribution is -2.46. The Kier molecular flexibility index (Phi) is 11.0. The second-order valence-corrected chi connectivity index (χ2v) is 12.0. The summed E-state index contributed by atoms with van der Waals surface area (Å²) in [7, 11) is 1.69. The average molecular weight is 619 g/mol. The van der Waals surface area contributed by atoms with Crippen molar-refractivity contribution < 1.29 is 24.1 Å². The molecule has 0 aromatic heterocycles. The Labute approximate surface area is 265 Å². The number of amides is 1. The number of halogens is 1. The number of ether oxygens (including phenoxy) is 3. The maximum atomic E-state index is 14.3. The molecule has 234 valence electrons. The number of methoxy groups -OCH3 is 1. The van der Waals surface area contributed by atoms with Crippen LogP contribution in [0.3, 0.4) is 0 Å². The lowest BCUT2D eigenvalue weighted by Gasteiger charge is -2.33. The highest BCUT2D eigenvalue weighted by Gasteiger charge is 2.38. The van der Waals surface area contributed by atoms with E-state index in [1.54, 1.807) is 7.11 Å². The van der Waals surface area contributed by atoms with Crippen LogP contribution < -0.4 is 14.8 Å². The fourth-order valence-corrected chi connectivity index (χ4v) is 6.03. The number of hydrogen-bond acceptors (Lipinski definition) is 6. The fourth-order valence-electron chi connectivity index (χ4n) is 5.85. The van der Waals surface area contributed by atoms with Gasteiger partial charge in [0, 0.05) is 30.3 Å². The summed E-state index contributed by atoms with van der Waals surface area (Å²) < 4.78 is 17.2. The van der Waals surface area contributed by atoms with Gasteiger partial charge >= 0.3 is 0 Å². The lowest BCUT2D eigenvalue weighted by molar-refractivity contribution is -0.128. The SMILES string of the molecule is COCCc1ccc(Cl)c(CN(C(=O)C2=C(c3ccc(OCCOc4c(C)cccc4C)cc3)CCN[C@@H]2CO)C2CC2)c1. The first kappa shape index (κ1) is 32.0. The molecule has 44 heavy (non-hydrogen) atoms. The Morgan fingerprint density at radius 1 is 1.00 bits per heavy atom. The number of nitrogens with one attached hydrogen (secondary N) is 1. The van der Waals surface area contributed by atoms with Crippen LogP contribution in [0.25, 0.3) is 5.57 Å². The summed E-state index contributed by atoms with van der Waals surface area (Å²) in [5.74, 6) is 1.60. The van der Waals surface area contributed by atoms with Gasteiger partial charge in [0.05, 0.1) is 19.3 Å². The molecule has 5 rings (SSSR count). The molecular formula is C36H43ClN2O5. The van der Waals surface area contributed by atoms with E-state index in [0.717, 1.165) is 64.2 Å². The van der Waals surface area contributed by atoms with E-state index in [1.165, 1.54) is 0 Å². The van der Waals surface area contributed by atoms with E-state index in [-0.39, 0.29) is 18.6 Å². The Balaban J connectivity index is 1.32. The lowest BCUT2D eigenvalue weighted by atomic mass is 9.88. The van der Waals surface area contributed by atoms with Gasteiger partial charge in [-0.25, -0.2) is 0 Å². The maximum absolute atomic E-state index is 14.3. The summed E-state index contributed by atoms with van der Waals surface area (Å²) >= 11 is 6.62. The molecule has 0 bridgehead atoms. The van der Waals surface area contributed by atoms with Crippen molar-refractivity contribution in [3.05, 3.63) is 99.1 Å². The summed E-state index contributed by atoms with van der Waals surface area (Å²) in [4.78, 5) is 16.3. The molecule has 0 radical (unpaired) electrons. The van der Waals surface area contributed by atoms with Gasteiger partial charge in [0.2, 0.25) is 0 Å². The zero-order valence-corrected chi connectivity index (χ0v) is 26.7. The Morgan fingerprint density at radius 2 is 1.73 bits per heavy atom. The Hall–Kier alpha value is -3.36. The number of carbonyl (C=O) groups excluding carboxylic acids is 1. The predicted molar refractivity (Wildman–Crippen MR) is 174 cm³/mol. The molecule has 2 N–H and O–H groups in total. The highest BCUT2D eigenvalue weighted by atomic mass is 35.5. The summed E-state index contributed by atoms with van der Waals surface area (Å²) in [6.45, 7) is 6.52. The summed E-state index contributed by atoms with van der Waals surface area (Å²) in [5.41, 5.74) is 6.82. The summed E-state index contributed by atoms with van der Waals surface area (Å²) in [5, 5.41) is 14.3. The molecule has 1 fully saturated rings. The van der Waals surface area contributed by atoms with E-state index in [4.69, 9.17) is 25.8 Å². The van der Waals surface area contributed by atoms with E-state index in [2.05, 4.69) is 11.4 Å². The first-order chi connectivity index (χ1) is 21.4. The van der Waals surface area contributed by atoms with Crippen LogP contribution >= 0.6 is 11.6 Å². The molecule has 1 aliphatic carbocycles. The zero-order chi connectivity index (χ0) is 31.1. The van der Waals surface area contributed by atoms with Gasteiger partial charge in [-0.3, -0.25) is 4.79 Å². The van der Waals surface area contributed by atoms with Crippen molar-refractivity contribution in [1.29, 1.82) is 0 Å². The highest BCUT2D eigenvalue weighted by molar-refractivity contribution is 6.31. The number of carbonyl (C=O) groups is 1. The van der Waals surface area contributed by atoms with Crippen LogP contribution in [0.4, 0.5) is 0 Å². The maximum Gasteiger partial charge on any atom is 0.252 e. The molecule has 1 heterocycles. The molecule has 1 saturated carbocycles. The summed E-state index contributed by atoms with van der Waals surface area (Å²) in [6.07, 6.45) is 3.40. The van der Waals surface area contributed by atoms with Crippen molar-refractivity contribution in [1.82, 2.24) is 10.2 Å². The minimum atomic E-state index is -0.436. The number of hydrogen-bond donors (Lipinski definition) is 2. The van der Waals surface area contributed by atoms with Gasteiger partial charge in [-0.05, 0) is 97.7 Å². The third-order valence-corrected chi connectivity index (χ3v) is 8.73. The van der Waals surface area contributed by atoms with E-state index in [1.807, 2.05) is 73.3 Å². The van der Waals surface area contributed by atoms with Crippen LogP contribution in [0.15, 0.2) is 66.2 Å². The largest absolute Gasteiger partial charge is 0.490 e. The van der Waals surface area contributed by atoms with Gasteiger partial charge in [-0.1, -0.05) is 54.1 Å². The first-order valence-corrected chi connectivity index (χ1v) is 15.8. The molecule has 8 heteroatoms. The van der Waals surface area contributed by atoms with Gasteiger partial charge in [0.15, 0.2) is 0 Å². The third-order valence-electron chi connectivity index (χ3n) is 8.36. The van der Waals surface area contributed by atoms with Crippen molar-refractivity contribution in [3.63, 3.8) is 0 Å². The van der Waals surface area contributed by atoms with Gasteiger partial charge in [-0.15, -0.1) is 0 Å². The van der Waals surface area contributed by atoms with Gasteiger partial charge in [0.25, 0.3) is 5.91 Å². The molecule has 1 amide bonds. The molecule has 1 atom stereocenters. The fraction of sp³-hybridized carbons (Fsp3) is 0.417. The van der Waals surface area contributed by atoms with Crippen LogP contribution in [0.1, 0.15) is 47.1 Å². The standard InChI is InChI=1S/C36H43ClN2O5/c1-24-5-4-6-25(2)35(24)44-20-19-43-30-12-8-27(9-13-30)31-15-17-38-33(23-40)34(31)36(41)39(29-10-11-29)22-28-21-26(16-18-42-3)7-14-32(28)37/h4-9,12-14,21,29,33,38,40H,10-11,15-20,22-23H2,1-3H3/t33-/m1/s1. The number of rotatable bonds is 14. The van der Waals surface area contributed by atoms with Crippen molar-refractivity contribution in [2.45, 2.75) is 58.2 Å². The van der Waals surface area contributed by atoms with E-state index >= 15 is 0 Å². The molecule has 0 saturated heterocycles. The number of aliphatic hydroxyl groups excluding tert-OH is 1. The Bertz CT molecular complexity index is 1450. The monoisotopic (exact) mass is 618 g/mol. The van der Waals surface area contributed by atoms with Crippen LogP contribution in [-0.4, -0.2) is 68.1 Å². The molecule has 3 aromatic carbocycles. The second kappa shape index (κ2) is 15.1.